The third-order valence-electron chi connectivity index (χ3n) is 6.30. The lowest BCUT2D eigenvalue weighted by Crippen LogP contribution is -2.51. The molecule has 0 saturated carbocycles. The van der Waals surface area contributed by atoms with Crippen molar-refractivity contribution in [3.05, 3.63) is 76.0 Å². The summed E-state index contributed by atoms with van der Waals surface area (Å²) in [5, 5.41) is 6.52. The second kappa shape index (κ2) is 10.9. The van der Waals surface area contributed by atoms with Gasteiger partial charge in [0.1, 0.15) is 0 Å². The average Bonchev–Trinajstić information content (AvgIpc) is 2.84. The molecule has 0 bridgehead atoms. The van der Waals surface area contributed by atoms with E-state index >= 15 is 0 Å². The van der Waals surface area contributed by atoms with Gasteiger partial charge in [-0.05, 0) is 42.7 Å². The zero-order valence-electron chi connectivity index (χ0n) is 19.6. The lowest BCUT2D eigenvalue weighted by atomic mass is 9.94. The highest BCUT2D eigenvalue weighted by Gasteiger charge is 2.34. The van der Waals surface area contributed by atoms with E-state index < -0.39 is 12.0 Å². The number of ether oxygens (including phenoxy) is 1. The quantitative estimate of drug-likeness (QED) is 0.585. The summed E-state index contributed by atoms with van der Waals surface area (Å²) in [7, 11) is 0. The Morgan fingerprint density at radius 3 is 2.47 bits per heavy atom. The van der Waals surface area contributed by atoms with Gasteiger partial charge >= 0.3 is 12.0 Å². The van der Waals surface area contributed by atoms with E-state index in [0.717, 1.165) is 48.9 Å². The number of rotatable bonds is 7. The van der Waals surface area contributed by atoms with Gasteiger partial charge in [-0.1, -0.05) is 48.9 Å². The number of nitrogens with zero attached hydrogens (tertiary/aromatic N) is 2. The lowest BCUT2D eigenvalue weighted by Gasteiger charge is -2.38. The van der Waals surface area contributed by atoms with Gasteiger partial charge < -0.3 is 20.3 Å². The standard InChI is InChI=1S/C26H31ClN4O3/c1-3-18-8-10-19(11-9-18)24-23(25(32)34-4-2)22(28-26(33)29-24)17-30-12-14-31(15-13-30)21-7-5-6-20(27)16-21/h5-11,16,24H,3-4,12-15,17H2,1-2H3,(H2,28,29,33). The van der Waals surface area contributed by atoms with Crippen molar-refractivity contribution in [2.24, 2.45) is 0 Å². The van der Waals surface area contributed by atoms with Crippen LogP contribution in [-0.4, -0.2) is 56.2 Å². The van der Waals surface area contributed by atoms with Crippen LogP contribution in [0.25, 0.3) is 0 Å². The van der Waals surface area contributed by atoms with Gasteiger partial charge in [0.15, 0.2) is 0 Å². The lowest BCUT2D eigenvalue weighted by molar-refractivity contribution is -0.139. The number of hydrogen-bond donors (Lipinski definition) is 2. The number of piperazine rings is 1. The number of urea groups is 1. The SMILES string of the molecule is CCOC(=O)C1=C(CN2CCN(c3cccc(Cl)c3)CC2)NC(=O)NC1c1ccc(CC)cc1. The van der Waals surface area contributed by atoms with E-state index in [4.69, 9.17) is 16.3 Å². The van der Waals surface area contributed by atoms with Gasteiger partial charge in [-0.15, -0.1) is 0 Å². The molecule has 2 aromatic rings. The molecular weight excluding hydrogens is 452 g/mol. The van der Waals surface area contributed by atoms with Crippen molar-refractivity contribution in [3.63, 3.8) is 0 Å². The minimum atomic E-state index is -0.554. The maximum atomic E-state index is 13.0. The predicted octanol–water partition coefficient (Wildman–Crippen LogP) is 3.90. The van der Waals surface area contributed by atoms with Gasteiger partial charge in [0, 0.05) is 49.1 Å². The topological polar surface area (TPSA) is 73.9 Å². The molecule has 180 valence electrons. The molecule has 1 saturated heterocycles. The number of hydrogen-bond acceptors (Lipinski definition) is 5. The first-order valence-electron chi connectivity index (χ1n) is 11.8. The molecule has 7 nitrogen and oxygen atoms in total. The molecule has 1 atom stereocenters. The van der Waals surface area contributed by atoms with Gasteiger partial charge in [0.25, 0.3) is 0 Å². The van der Waals surface area contributed by atoms with Crippen molar-refractivity contribution in [2.45, 2.75) is 26.3 Å². The van der Waals surface area contributed by atoms with Gasteiger partial charge in [-0.25, -0.2) is 9.59 Å². The highest BCUT2D eigenvalue weighted by atomic mass is 35.5. The van der Waals surface area contributed by atoms with Crippen LogP contribution < -0.4 is 15.5 Å². The van der Waals surface area contributed by atoms with Crippen LogP contribution in [0.5, 0.6) is 0 Å². The summed E-state index contributed by atoms with van der Waals surface area (Å²) in [6.45, 7) is 7.87. The number of aryl methyl sites for hydroxylation is 1. The Labute approximate surface area is 205 Å². The molecule has 0 spiro atoms. The predicted molar refractivity (Wildman–Crippen MR) is 134 cm³/mol. The second-order valence-corrected chi connectivity index (χ2v) is 8.92. The Morgan fingerprint density at radius 1 is 1.09 bits per heavy atom. The van der Waals surface area contributed by atoms with E-state index in [2.05, 4.69) is 33.4 Å². The summed E-state index contributed by atoms with van der Waals surface area (Å²) in [6, 6.07) is 15.0. The van der Waals surface area contributed by atoms with Crippen LogP contribution in [0.4, 0.5) is 10.5 Å². The monoisotopic (exact) mass is 482 g/mol. The molecule has 0 radical (unpaired) electrons. The normalized spacial score (nSPS) is 19.0. The summed E-state index contributed by atoms with van der Waals surface area (Å²) >= 11 is 6.15. The fourth-order valence-corrected chi connectivity index (χ4v) is 4.63. The maximum Gasteiger partial charge on any atom is 0.338 e. The van der Waals surface area contributed by atoms with Gasteiger partial charge in [-0.3, -0.25) is 4.90 Å². The molecule has 2 heterocycles. The molecule has 2 aliphatic rings. The summed E-state index contributed by atoms with van der Waals surface area (Å²) in [5.41, 5.74) is 4.22. The number of halogens is 1. The van der Waals surface area contributed by atoms with Crippen molar-refractivity contribution in [3.8, 4) is 0 Å². The first-order chi connectivity index (χ1) is 16.5. The molecule has 0 aliphatic carbocycles. The van der Waals surface area contributed by atoms with Crippen molar-refractivity contribution in [2.75, 3.05) is 44.2 Å². The van der Waals surface area contributed by atoms with Crippen LogP contribution in [0.1, 0.15) is 31.0 Å². The smallest absolute Gasteiger partial charge is 0.338 e. The zero-order chi connectivity index (χ0) is 24.1. The van der Waals surface area contributed by atoms with Crippen molar-refractivity contribution >= 4 is 29.3 Å². The van der Waals surface area contributed by atoms with E-state index in [0.29, 0.717) is 17.8 Å². The largest absolute Gasteiger partial charge is 0.463 e. The molecule has 34 heavy (non-hydrogen) atoms. The van der Waals surface area contributed by atoms with Crippen LogP contribution in [0.15, 0.2) is 59.8 Å². The number of carbonyl (C=O) groups excluding carboxylic acids is 2. The summed E-state index contributed by atoms with van der Waals surface area (Å²) in [6.07, 6.45) is 0.922. The molecule has 1 unspecified atom stereocenters. The fourth-order valence-electron chi connectivity index (χ4n) is 4.45. The minimum Gasteiger partial charge on any atom is -0.463 e. The van der Waals surface area contributed by atoms with Gasteiger partial charge in [-0.2, -0.15) is 0 Å². The van der Waals surface area contributed by atoms with Crippen LogP contribution in [-0.2, 0) is 16.0 Å². The number of benzene rings is 2. The van der Waals surface area contributed by atoms with Crippen molar-refractivity contribution in [1.29, 1.82) is 0 Å². The Bertz CT molecular complexity index is 1060. The highest BCUT2D eigenvalue weighted by Crippen LogP contribution is 2.29. The molecule has 0 aromatic heterocycles. The number of carbonyl (C=O) groups is 2. The van der Waals surface area contributed by atoms with E-state index in [1.54, 1.807) is 6.92 Å². The number of esters is 1. The van der Waals surface area contributed by atoms with Crippen LogP contribution >= 0.6 is 11.6 Å². The Morgan fingerprint density at radius 2 is 1.82 bits per heavy atom. The van der Waals surface area contributed by atoms with E-state index in [1.807, 2.05) is 42.5 Å². The van der Waals surface area contributed by atoms with Crippen LogP contribution in [0.3, 0.4) is 0 Å². The first kappa shape index (κ1) is 24.1. The highest BCUT2D eigenvalue weighted by molar-refractivity contribution is 6.30. The summed E-state index contributed by atoms with van der Waals surface area (Å²) in [5.74, 6) is -0.410. The number of amides is 2. The number of anilines is 1. The van der Waals surface area contributed by atoms with Gasteiger partial charge in [0.2, 0.25) is 0 Å². The molecule has 2 aliphatic heterocycles. The summed E-state index contributed by atoms with van der Waals surface area (Å²) in [4.78, 5) is 30.1. The Kier molecular flexibility index (Phi) is 7.75. The van der Waals surface area contributed by atoms with Crippen molar-refractivity contribution < 1.29 is 14.3 Å². The molecule has 2 N–H and O–H groups in total. The van der Waals surface area contributed by atoms with E-state index in [9.17, 15) is 9.59 Å². The van der Waals surface area contributed by atoms with Crippen molar-refractivity contribution in [1.82, 2.24) is 15.5 Å². The maximum absolute atomic E-state index is 13.0. The zero-order valence-corrected chi connectivity index (χ0v) is 20.4. The molecule has 2 aromatic carbocycles. The van der Waals surface area contributed by atoms with Crippen LogP contribution in [0.2, 0.25) is 5.02 Å². The Hall–Kier alpha value is -3.03. The molecule has 4 rings (SSSR count). The first-order valence-corrected chi connectivity index (χ1v) is 12.2. The minimum absolute atomic E-state index is 0.267. The third kappa shape index (κ3) is 5.54. The third-order valence-corrected chi connectivity index (χ3v) is 6.53. The Balaban J connectivity index is 1.55. The molecule has 8 heteroatoms. The van der Waals surface area contributed by atoms with Gasteiger partial charge in [0.05, 0.1) is 18.2 Å². The molecular formula is C26H31ClN4O3. The van der Waals surface area contributed by atoms with E-state index in [-0.39, 0.29) is 12.6 Å². The molecule has 2 amide bonds. The second-order valence-electron chi connectivity index (χ2n) is 8.48. The van der Waals surface area contributed by atoms with E-state index in [1.165, 1.54) is 5.56 Å². The number of nitrogens with one attached hydrogen (secondary N) is 2. The fraction of sp³-hybridized carbons (Fsp3) is 0.385. The average molecular weight is 483 g/mol. The van der Waals surface area contributed by atoms with Crippen LogP contribution in [0, 0.1) is 0 Å². The molecule has 1 fully saturated rings. The summed E-state index contributed by atoms with van der Waals surface area (Å²) < 4.78 is 5.39.